The number of aromatic nitrogens is 2. The van der Waals surface area contributed by atoms with Gasteiger partial charge >= 0.3 is 5.97 Å². The Hall–Kier alpha value is -2.94. The van der Waals surface area contributed by atoms with Crippen LogP contribution in [0.25, 0.3) is 0 Å². The van der Waals surface area contributed by atoms with Gasteiger partial charge in [0.1, 0.15) is 5.82 Å². The number of carboxylic acid groups (broad SMARTS) is 1. The molecule has 1 N–H and O–H groups in total. The van der Waals surface area contributed by atoms with E-state index < -0.39 is 5.97 Å². The van der Waals surface area contributed by atoms with E-state index in [4.69, 9.17) is 10.4 Å². The molecule has 2 aromatic heterocycles. The lowest BCUT2D eigenvalue weighted by molar-refractivity contribution is 0.0697. The lowest BCUT2D eigenvalue weighted by Gasteiger charge is -2.22. The van der Waals surface area contributed by atoms with E-state index in [2.05, 4.69) is 16.0 Å². The number of pyridine rings is 2. The highest BCUT2D eigenvalue weighted by Gasteiger charge is 2.11. The second-order valence-corrected chi connectivity index (χ2v) is 4.40. The fourth-order valence-corrected chi connectivity index (χ4v) is 1.90. The number of nitrogens with zero attached hydrogens (tertiary/aromatic N) is 4. The smallest absolute Gasteiger partial charge is 0.335 e. The Morgan fingerprint density at radius 2 is 2.24 bits per heavy atom. The quantitative estimate of drug-likeness (QED) is 0.872. The third-order valence-corrected chi connectivity index (χ3v) is 2.91. The van der Waals surface area contributed by atoms with Gasteiger partial charge in [-0.25, -0.2) is 9.78 Å². The molecular weight excluding hydrogens is 268 g/mol. The number of anilines is 1. The molecule has 0 aliphatic carbocycles. The van der Waals surface area contributed by atoms with Gasteiger partial charge in [-0.1, -0.05) is 6.07 Å². The van der Waals surface area contributed by atoms with Gasteiger partial charge in [-0.2, -0.15) is 5.26 Å². The highest BCUT2D eigenvalue weighted by molar-refractivity contribution is 5.88. The minimum atomic E-state index is -1.000. The largest absolute Gasteiger partial charge is 0.478 e. The van der Waals surface area contributed by atoms with Crippen molar-refractivity contribution >= 4 is 11.8 Å². The zero-order valence-electron chi connectivity index (χ0n) is 11.3. The predicted molar refractivity (Wildman–Crippen MR) is 76.7 cm³/mol. The molecule has 0 radical (unpaired) electrons. The molecule has 0 spiro atoms. The lowest BCUT2D eigenvalue weighted by Crippen LogP contribution is -2.25. The number of carbonyl (C=O) groups is 1. The van der Waals surface area contributed by atoms with Crippen molar-refractivity contribution in [1.82, 2.24) is 9.97 Å². The average molecular weight is 282 g/mol. The summed E-state index contributed by atoms with van der Waals surface area (Å²) in [5.74, 6) is -0.464. The zero-order chi connectivity index (χ0) is 15.1. The molecule has 0 aliphatic heterocycles. The molecule has 0 bridgehead atoms. The maximum atomic E-state index is 11.0. The molecule has 0 aromatic carbocycles. The number of carboxylic acids is 1. The maximum absolute atomic E-state index is 11.0. The second kappa shape index (κ2) is 7.01. The molecule has 2 rings (SSSR count). The Kier molecular flexibility index (Phi) is 4.83. The fraction of sp³-hybridized carbons (Fsp3) is 0.200. The van der Waals surface area contributed by atoms with Crippen LogP contribution < -0.4 is 4.90 Å². The lowest BCUT2D eigenvalue weighted by atomic mass is 10.2. The van der Waals surface area contributed by atoms with Crippen LogP contribution in [0.2, 0.25) is 0 Å². The monoisotopic (exact) mass is 282 g/mol. The van der Waals surface area contributed by atoms with Crippen LogP contribution in [0.4, 0.5) is 5.82 Å². The standard InChI is InChI=1S/C15H14N4O2/c16-5-2-8-19(11-12-3-1-6-17-10-12)14-9-13(15(20)21)4-7-18-14/h1,3-4,6-7,9-10H,2,8,11H2,(H,20,21). The number of hydrogen-bond acceptors (Lipinski definition) is 5. The zero-order valence-corrected chi connectivity index (χ0v) is 11.3. The van der Waals surface area contributed by atoms with Crippen molar-refractivity contribution in [2.45, 2.75) is 13.0 Å². The summed E-state index contributed by atoms with van der Waals surface area (Å²) >= 11 is 0. The predicted octanol–water partition coefficient (Wildman–Crippen LogP) is 2.10. The van der Waals surface area contributed by atoms with Gasteiger partial charge in [-0.15, -0.1) is 0 Å². The van der Waals surface area contributed by atoms with Gasteiger partial charge in [0.25, 0.3) is 0 Å². The van der Waals surface area contributed by atoms with E-state index >= 15 is 0 Å². The summed E-state index contributed by atoms with van der Waals surface area (Å²) in [4.78, 5) is 21.2. The van der Waals surface area contributed by atoms with Gasteiger partial charge in [0, 0.05) is 31.7 Å². The number of nitriles is 1. The Bertz CT molecular complexity index is 652. The Balaban J connectivity index is 2.25. The van der Waals surface area contributed by atoms with Crippen molar-refractivity contribution in [1.29, 1.82) is 5.26 Å². The van der Waals surface area contributed by atoms with Crippen molar-refractivity contribution in [3.8, 4) is 6.07 Å². The van der Waals surface area contributed by atoms with Crippen LogP contribution in [-0.4, -0.2) is 27.6 Å². The van der Waals surface area contributed by atoms with Crippen molar-refractivity contribution in [3.63, 3.8) is 0 Å². The van der Waals surface area contributed by atoms with Crippen LogP contribution in [-0.2, 0) is 6.54 Å². The van der Waals surface area contributed by atoms with E-state index in [9.17, 15) is 4.79 Å². The van der Waals surface area contributed by atoms with Gasteiger partial charge in [0.2, 0.25) is 0 Å². The van der Waals surface area contributed by atoms with Crippen molar-refractivity contribution in [3.05, 3.63) is 54.0 Å². The van der Waals surface area contributed by atoms with Crippen LogP contribution in [0, 0.1) is 11.3 Å². The summed E-state index contributed by atoms with van der Waals surface area (Å²) in [6, 6.07) is 8.80. The topological polar surface area (TPSA) is 90.1 Å². The fourth-order valence-electron chi connectivity index (χ4n) is 1.90. The Labute approximate surface area is 122 Å². The molecule has 0 fully saturated rings. The number of hydrogen-bond donors (Lipinski definition) is 1. The van der Waals surface area contributed by atoms with Crippen molar-refractivity contribution in [2.24, 2.45) is 0 Å². The van der Waals surface area contributed by atoms with Gasteiger partial charge in [0.15, 0.2) is 0 Å². The van der Waals surface area contributed by atoms with E-state index in [0.717, 1.165) is 5.56 Å². The van der Waals surface area contributed by atoms with Gasteiger partial charge in [-0.05, 0) is 23.8 Å². The van der Waals surface area contributed by atoms with E-state index in [1.807, 2.05) is 17.0 Å². The molecule has 0 amide bonds. The first-order valence-corrected chi connectivity index (χ1v) is 6.41. The molecular formula is C15H14N4O2. The molecule has 0 atom stereocenters. The molecule has 0 unspecified atom stereocenters. The molecule has 2 aromatic rings. The van der Waals surface area contributed by atoms with E-state index in [-0.39, 0.29) is 5.56 Å². The van der Waals surface area contributed by atoms with E-state index in [1.165, 1.54) is 18.3 Å². The first kappa shape index (κ1) is 14.5. The molecule has 21 heavy (non-hydrogen) atoms. The number of aromatic carboxylic acids is 1. The third-order valence-electron chi connectivity index (χ3n) is 2.91. The summed E-state index contributed by atoms with van der Waals surface area (Å²) in [6.45, 7) is 0.993. The second-order valence-electron chi connectivity index (χ2n) is 4.40. The van der Waals surface area contributed by atoms with E-state index in [0.29, 0.717) is 25.3 Å². The first-order valence-electron chi connectivity index (χ1n) is 6.41. The van der Waals surface area contributed by atoms with Gasteiger partial charge in [-0.3, -0.25) is 4.98 Å². The van der Waals surface area contributed by atoms with Gasteiger partial charge < -0.3 is 10.0 Å². The van der Waals surface area contributed by atoms with Crippen LogP contribution >= 0.6 is 0 Å². The van der Waals surface area contributed by atoms with Crippen molar-refractivity contribution in [2.75, 3.05) is 11.4 Å². The molecule has 106 valence electrons. The summed E-state index contributed by atoms with van der Waals surface area (Å²) in [5.41, 5.74) is 1.14. The minimum absolute atomic E-state index is 0.174. The normalized spacial score (nSPS) is 9.86. The Morgan fingerprint density at radius 1 is 1.38 bits per heavy atom. The summed E-state index contributed by atoms with van der Waals surface area (Å²) in [5, 5.41) is 17.8. The average Bonchev–Trinajstić information content (AvgIpc) is 2.52. The molecule has 0 aliphatic rings. The maximum Gasteiger partial charge on any atom is 0.335 e. The first-order chi connectivity index (χ1) is 10.2. The molecule has 6 nitrogen and oxygen atoms in total. The minimum Gasteiger partial charge on any atom is -0.478 e. The molecule has 0 saturated heterocycles. The summed E-state index contributed by atoms with van der Waals surface area (Å²) in [7, 11) is 0. The Morgan fingerprint density at radius 3 is 2.90 bits per heavy atom. The molecule has 2 heterocycles. The van der Waals surface area contributed by atoms with Gasteiger partial charge in [0.05, 0.1) is 18.1 Å². The molecule has 6 heteroatoms. The van der Waals surface area contributed by atoms with Crippen LogP contribution in [0.3, 0.4) is 0 Å². The van der Waals surface area contributed by atoms with E-state index in [1.54, 1.807) is 12.4 Å². The third kappa shape index (κ3) is 4.01. The summed E-state index contributed by atoms with van der Waals surface area (Å²) in [6.07, 6.45) is 5.22. The highest BCUT2D eigenvalue weighted by atomic mass is 16.4. The van der Waals surface area contributed by atoms with Crippen LogP contribution in [0.5, 0.6) is 0 Å². The van der Waals surface area contributed by atoms with Crippen molar-refractivity contribution < 1.29 is 9.90 Å². The van der Waals surface area contributed by atoms with Crippen LogP contribution in [0.15, 0.2) is 42.9 Å². The SMILES string of the molecule is N#CCCN(Cc1cccnc1)c1cc(C(=O)O)ccn1. The van der Waals surface area contributed by atoms with Crippen LogP contribution in [0.1, 0.15) is 22.3 Å². The molecule has 0 saturated carbocycles. The highest BCUT2D eigenvalue weighted by Crippen LogP contribution is 2.16. The summed E-state index contributed by atoms with van der Waals surface area (Å²) < 4.78 is 0. The number of rotatable bonds is 6.